The summed E-state index contributed by atoms with van der Waals surface area (Å²) in [5.74, 6) is -3.96. The third-order valence-electron chi connectivity index (χ3n) is 8.82. The number of halogens is 5. The molecule has 1 heterocycles. The number of aliphatic carboxylic acids is 1. The summed E-state index contributed by atoms with van der Waals surface area (Å²) < 4.78 is 88.7. The minimum Gasteiger partial charge on any atom is -0.481 e. The van der Waals surface area contributed by atoms with E-state index < -0.39 is 57.9 Å². The van der Waals surface area contributed by atoms with Crippen LogP contribution in [0.25, 0.3) is 0 Å². The second-order valence-corrected chi connectivity index (χ2v) is 13.9. The monoisotopic (exact) mass is 561 g/mol. The summed E-state index contributed by atoms with van der Waals surface area (Å²) in [5.41, 5.74) is 0. The normalized spacial score (nSPS) is 41.0. The summed E-state index contributed by atoms with van der Waals surface area (Å²) in [6, 6.07) is -0.511. The molecule has 4 aliphatic rings. The number of hydrogen-bond donors (Lipinski definition) is 1. The van der Waals surface area contributed by atoms with Crippen LogP contribution in [-0.4, -0.2) is 72.1 Å². The molecule has 3 saturated carbocycles. The number of sulfonamides is 1. The minimum atomic E-state index is -4.45. The molecule has 1 aliphatic heterocycles. The van der Waals surface area contributed by atoms with Gasteiger partial charge in [-0.2, -0.15) is 17.5 Å². The summed E-state index contributed by atoms with van der Waals surface area (Å²) in [6.07, 6.45) is -2.69. The van der Waals surface area contributed by atoms with Crippen molar-refractivity contribution in [1.82, 2.24) is 4.31 Å². The Morgan fingerprint density at radius 3 is 2.47 bits per heavy atom. The van der Waals surface area contributed by atoms with Crippen LogP contribution < -0.4 is 0 Å². The van der Waals surface area contributed by atoms with Crippen molar-refractivity contribution in [3.8, 4) is 0 Å². The number of carbonyl (C=O) groups is 1. The molecule has 0 aromatic heterocycles. The Hall–Kier alpha value is -0.650. The van der Waals surface area contributed by atoms with Crippen molar-refractivity contribution >= 4 is 27.6 Å². The zero-order chi connectivity index (χ0) is 26.3. The highest BCUT2D eigenvalue weighted by atomic mass is 35.5. The van der Waals surface area contributed by atoms with Crippen LogP contribution in [0, 0.1) is 23.7 Å². The fraction of sp³-hybridized carbons (Fsp3) is 0.958. The minimum absolute atomic E-state index is 0.0856. The first-order valence-corrected chi connectivity index (χ1v) is 15.0. The Bertz CT molecular complexity index is 890. The van der Waals surface area contributed by atoms with E-state index in [0.717, 1.165) is 0 Å². The fourth-order valence-electron chi connectivity index (χ4n) is 6.72. The molecule has 9 atom stereocenters. The SMILES string of the molecule is O=C(O)C1CC2CCC(OCC3CC(F)CCC3Cl)CC2N(S(=O)(=O)C2CCCC(C(F)(F)F)C2)C1. The molecule has 0 radical (unpaired) electrons. The van der Waals surface area contributed by atoms with Gasteiger partial charge in [-0.3, -0.25) is 4.79 Å². The lowest BCUT2D eigenvalue weighted by atomic mass is 9.75. The summed E-state index contributed by atoms with van der Waals surface area (Å²) in [6.45, 7) is 0.0473. The molecule has 0 aromatic rings. The first-order valence-electron chi connectivity index (χ1n) is 13.1. The van der Waals surface area contributed by atoms with Gasteiger partial charge in [-0.25, -0.2) is 12.8 Å². The molecule has 6 nitrogen and oxygen atoms in total. The molecule has 0 spiro atoms. The van der Waals surface area contributed by atoms with E-state index >= 15 is 0 Å². The first kappa shape index (κ1) is 28.4. The second-order valence-electron chi connectivity index (χ2n) is 11.2. The smallest absolute Gasteiger partial charge is 0.391 e. The van der Waals surface area contributed by atoms with Gasteiger partial charge in [0, 0.05) is 23.9 Å². The molecule has 12 heteroatoms. The number of nitrogens with zero attached hydrogens (tertiary/aromatic N) is 1. The van der Waals surface area contributed by atoms with Crippen LogP contribution in [-0.2, 0) is 19.6 Å². The van der Waals surface area contributed by atoms with Crippen LogP contribution in [0.15, 0.2) is 0 Å². The molecular formula is C24H36ClF4NO5S. The molecule has 4 fully saturated rings. The molecular weight excluding hydrogens is 526 g/mol. The summed E-state index contributed by atoms with van der Waals surface area (Å²) in [4.78, 5) is 11.8. The number of fused-ring (bicyclic) bond motifs is 1. The number of carboxylic acid groups (broad SMARTS) is 1. The molecule has 0 aromatic carbocycles. The predicted molar refractivity (Wildman–Crippen MR) is 126 cm³/mol. The Balaban J connectivity index is 1.48. The maximum atomic E-state index is 13.9. The molecule has 1 saturated heterocycles. The molecule has 0 bridgehead atoms. The van der Waals surface area contributed by atoms with Gasteiger partial charge in [-0.1, -0.05) is 6.42 Å². The van der Waals surface area contributed by atoms with Gasteiger partial charge in [-0.15, -0.1) is 11.6 Å². The van der Waals surface area contributed by atoms with Crippen LogP contribution in [0.3, 0.4) is 0 Å². The van der Waals surface area contributed by atoms with Gasteiger partial charge in [-0.05, 0) is 70.1 Å². The molecule has 9 unspecified atom stereocenters. The van der Waals surface area contributed by atoms with Crippen molar-refractivity contribution in [3.63, 3.8) is 0 Å². The Kier molecular flexibility index (Phi) is 8.84. The lowest BCUT2D eigenvalue weighted by molar-refractivity contribution is -0.181. The van der Waals surface area contributed by atoms with E-state index in [1.165, 1.54) is 4.31 Å². The molecule has 0 amide bonds. The van der Waals surface area contributed by atoms with Crippen molar-refractivity contribution in [2.24, 2.45) is 23.7 Å². The number of ether oxygens (including phenoxy) is 1. The van der Waals surface area contributed by atoms with Crippen molar-refractivity contribution in [1.29, 1.82) is 0 Å². The third-order valence-corrected chi connectivity index (χ3v) is 11.7. The van der Waals surface area contributed by atoms with Crippen molar-refractivity contribution in [2.45, 2.75) is 106 Å². The summed E-state index contributed by atoms with van der Waals surface area (Å²) in [7, 11) is -4.15. The fourth-order valence-corrected chi connectivity index (χ4v) is 9.37. The molecule has 3 aliphatic carbocycles. The number of carboxylic acids is 1. The van der Waals surface area contributed by atoms with Gasteiger partial charge < -0.3 is 9.84 Å². The summed E-state index contributed by atoms with van der Waals surface area (Å²) in [5, 5.41) is 8.31. The summed E-state index contributed by atoms with van der Waals surface area (Å²) >= 11 is 6.36. The lowest BCUT2D eigenvalue weighted by Crippen LogP contribution is -2.58. The molecule has 36 heavy (non-hydrogen) atoms. The van der Waals surface area contributed by atoms with E-state index in [-0.39, 0.29) is 55.7 Å². The van der Waals surface area contributed by atoms with Gasteiger partial charge in [0.2, 0.25) is 10.0 Å². The largest absolute Gasteiger partial charge is 0.481 e. The second kappa shape index (κ2) is 11.2. The Morgan fingerprint density at radius 2 is 1.78 bits per heavy atom. The van der Waals surface area contributed by atoms with Crippen molar-refractivity contribution in [3.05, 3.63) is 0 Å². The topological polar surface area (TPSA) is 83.9 Å². The first-order chi connectivity index (χ1) is 16.9. The Labute approximate surface area is 215 Å². The van der Waals surface area contributed by atoms with E-state index in [1.807, 2.05) is 0 Å². The Morgan fingerprint density at radius 1 is 1.03 bits per heavy atom. The maximum absolute atomic E-state index is 13.9. The van der Waals surface area contributed by atoms with Gasteiger partial charge >= 0.3 is 12.1 Å². The van der Waals surface area contributed by atoms with Gasteiger partial charge in [0.1, 0.15) is 6.17 Å². The highest BCUT2D eigenvalue weighted by Crippen LogP contribution is 2.45. The maximum Gasteiger partial charge on any atom is 0.391 e. The van der Waals surface area contributed by atoms with Gasteiger partial charge in [0.05, 0.1) is 29.8 Å². The quantitative estimate of drug-likeness (QED) is 0.358. The highest BCUT2D eigenvalue weighted by Gasteiger charge is 2.51. The molecule has 208 valence electrons. The average molecular weight is 562 g/mol. The van der Waals surface area contributed by atoms with Crippen LogP contribution >= 0.6 is 11.6 Å². The van der Waals surface area contributed by atoms with E-state index in [2.05, 4.69) is 0 Å². The lowest BCUT2D eigenvalue weighted by Gasteiger charge is -2.48. The van der Waals surface area contributed by atoms with Crippen molar-refractivity contribution in [2.75, 3.05) is 13.2 Å². The van der Waals surface area contributed by atoms with Crippen molar-refractivity contribution < 1.29 is 40.6 Å². The van der Waals surface area contributed by atoms with Crippen LogP contribution in [0.1, 0.15) is 70.6 Å². The standard InChI is InChI=1S/C24H36ClF4NO5S/c25-21-7-5-18(26)9-16(21)13-35-19-6-4-14-8-15(23(31)32)12-30(22(14)11-19)36(33,34)20-3-1-2-17(10-20)24(27,28)29/h14-22H,1-13H2,(H,31,32). The number of hydrogen-bond acceptors (Lipinski definition) is 4. The number of alkyl halides is 5. The van der Waals surface area contributed by atoms with Gasteiger partial charge in [0.15, 0.2) is 0 Å². The van der Waals surface area contributed by atoms with E-state index in [1.54, 1.807) is 0 Å². The highest BCUT2D eigenvalue weighted by molar-refractivity contribution is 7.89. The van der Waals surface area contributed by atoms with E-state index in [9.17, 15) is 35.9 Å². The van der Waals surface area contributed by atoms with E-state index in [4.69, 9.17) is 16.3 Å². The number of rotatable bonds is 6. The van der Waals surface area contributed by atoms with Crippen LogP contribution in [0.5, 0.6) is 0 Å². The third kappa shape index (κ3) is 6.31. The van der Waals surface area contributed by atoms with E-state index in [0.29, 0.717) is 44.9 Å². The molecule has 1 N–H and O–H groups in total. The zero-order valence-electron chi connectivity index (χ0n) is 20.2. The zero-order valence-corrected chi connectivity index (χ0v) is 21.8. The number of piperidine rings is 1. The average Bonchev–Trinajstić information content (AvgIpc) is 2.83. The molecule has 4 rings (SSSR count). The predicted octanol–water partition coefficient (Wildman–Crippen LogP) is 5.14. The van der Waals surface area contributed by atoms with Crippen LogP contribution in [0.2, 0.25) is 0 Å². The van der Waals surface area contributed by atoms with Gasteiger partial charge in [0.25, 0.3) is 0 Å². The van der Waals surface area contributed by atoms with Crippen LogP contribution in [0.4, 0.5) is 17.6 Å².